The molecule has 366 valence electrons. The lowest BCUT2D eigenvalue weighted by Crippen LogP contribution is -2.47. The van der Waals surface area contributed by atoms with Crippen LogP contribution in [0.1, 0.15) is 67.4 Å². The lowest BCUT2D eigenvalue weighted by atomic mass is 9.72. The number of allylic oxidation sites excluding steroid dienone is 1. The number of nitro groups is 1. The number of nitrogens with zero attached hydrogens (tertiary/aromatic N) is 5. The number of carbonyl (C=O) groups is 1. The Morgan fingerprint density at radius 2 is 1.74 bits per heavy atom. The molecule has 0 spiro atoms. The quantitative estimate of drug-likeness (QED) is 0.0734. The maximum Gasteiger partial charge on any atom is 0.277 e. The van der Waals surface area contributed by atoms with E-state index in [2.05, 4.69) is 60.1 Å². The Morgan fingerprint density at radius 3 is 2.46 bits per heavy atom. The number of rotatable bonds is 14. The van der Waals surface area contributed by atoms with E-state index in [0.717, 1.165) is 67.3 Å². The van der Waals surface area contributed by atoms with Crippen molar-refractivity contribution in [2.75, 3.05) is 70.1 Å². The zero-order valence-corrected chi connectivity index (χ0v) is 41.3. The van der Waals surface area contributed by atoms with Gasteiger partial charge in [0.05, 0.1) is 40.0 Å². The van der Waals surface area contributed by atoms with Gasteiger partial charge in [-0.15, -0.1) is 0 Å². The SMILES string of the molecule is CC1(C)CCC(CN2CCN(c3ccc(C(=O)NS(=O)(=O)c4cc5c(c([N+](=O)[O-])c4)C[C@H](CN4CCC(NS(C)(=O)=O)CC4)CO5)c(Oc4cnc5[nH]ccc5c4)c3)CC2)=C(c2ccc(Cl)cc2)C1. The average molecular weight is 1000 g/mol. The van der Waals surface area contributed by atoms with Crippen molar-refractivity contribution >= 4 is 65.5 Å². The number of nitrogens with one attached hydrogen (secondary N) is 3. The molecule has 1 atom stereocenters. The Kier molecular flexibility index (Phi) is 13.8. The van der Waals surface area contributed by atoms with Crippen molar-refractivity contribution in [2.45, 2.75) is 63.3 Å². The number of carbonyl (C=O) groups excluding carboxylic acids is 1. The summed E-state index contributed by atoms with van der Waals surface area (Å²) in [5, 5.41) is 14.0. The first-order valence-corrected chi connectivity index (χ1v) is 27.0. The van der Waals surface area contributed by atoms with E-state index < -0.39 is 41.5 Å². The number of pyridine rings is 1. The summed E-state index contributed by atoms with van der Waals surface area (Å²) in [5.74, 6) is -0.627. The Labute approximate surface area is 407 Å². The summed E-state index contributed by atoms with van der Waals surface area (Å²) in [4.78, 5) is 39.8. The molecule has 0 unspecified atom stereocenters. The largest absolute Gasteiger partial charge is 0.493 e. The lowest BCUT2D eigenvalue weighted by Gasteiger charge is -2.39. The van der Waals surface area contributed by atoms with Crippen LogP contribution in [0, 0.1) is 21.4 Å². The minimum Gasteiger partial charge on any atom is -0.493 e. The molecule has 3 aromatic carbocycles. The van der Waals surface area contributed by atoms with Gasteiger partial charge < -0.3 is 24.3 Å². The Bertz CT molecular complexity index is 3020. The number of ether oxygens (including phenoxy) is 2. The van der Waals surface area contributed by atoms with Crippen LogP contribution in [0.5, 0.6) is 17.2 Å². The van der Waals surface area contributed by atoms with Gasteiger partial charge >= 0.3 is 0 Å². The van der Waals surface area contributed by atoms with Gasteiger partial charge in [0.2, 0.25) is 10.0 Å². The summed E-state index contributed by atoms with van der Waals surface area (Å²) < 4.78 is 68.5. The minimum absolute atomic E-state index is 0.0619. The predicted molar refractivity (Wildman–Crippen MR) is 265 cm³/mol. The van der Waals surface area contributed by atoms with E-state index in [1.807, 2.05) is 18.2 Å². The smallest absolute Gasteiger partial charge is 0.277 e. The molecular weight excluding hydrogens is 944 g/mol. The van der Waals surface area contributed by atoms with E-state index in [-0.39, 0.29) is 53.0 Å². The molecule has 2 fully saturated rings. The van der Waals surface area contributed by atoms with Crippen molar-refractivity contribution in [2.24, 2.45) is 11.3 Å². The van der Waals surface area contributed by atoms with Crippen molar-refractivity contribution in [3.05, 3.63) is 117 Å². The first-order chi connectivity index (χ1) is 32.8. The fourth-order valence-electron chi connectivity index (χ4n) is 10.0. The number of halogens is 1. The second kappa shape index (κ2) is 19.7. The Morgan fingerprint density at radius 1 is 0.986 bits per heavy atom. The Hall–Kier alpha value is -5.57. The van der Waals surface area contributed by atoms with Gasteiger partial charge in [-0.3, -0.25) is 19.8 Å². The van der Waals surface area contributed by atoms with Crippen molar-refractivity contribution in [1.82, 2.24) is 29.2 Å². The molecule has 0 radical (unpaired) electrons. The number of aromatic amines is 1. The zero-order valence-electron chi connectivity index (χ0n) is 38.9. The van der Waals surface area contributed by atoms with E-state index in [1.165, 1.54) is 35.0 Å². The van der Waals surface area contributed by atoms with E-state index in [4.69, 9.17) is 21.1 Å². The van der Waals surface area contributed by atoms with Gasteiger partial charge in [-0.1, -0.05) is 43.2 Å². The third-order valence-electron chi connectivity index (χ3n) is 13.7. The standard InChI is InChI=1S/C49H57ClN8O9S2/c1-49(2)14-10-35(43(27-49)33-4-6-36(50)7-5-33)30-56-18-20-57(21-19-56)38-8-9-41(46(24-38)67-39-23-34-11-15-51-47(34)52-28-39)48(59)54-69(64,65)40-25-44(58(60)61)42-22-32(31-66-45(42)26-40)29-55-16-12-37(13-17-55)53-68(3,62)63/h4-9,11,15,23-26,28,32,37,53H,10,12-14,16-22,27,29-31H2,1-3H3,(H,51,52)(H,54,59)/t32-/m1/s1. The number of piperidine rings is 1. The number of likely N-dealkylation sites (tertiary alicyclic amines) is 1. The van der Waals surface area contributed by atoms with Crippen LogP contribution in [-0.2, 0) is 26.5 Å². The van der Waals surface area contributed by atoms with Crippen molar-refractivity contribution < 1.29 is 36.0 Å². The molecule has 3 N–H and O–H groups in total. The van der Waals surface area contributed by atoms with E-state index in [1.54, 1.807) is 24.4 Å². The van der Waals surface area contributed by atoms with Crippen LogP contribution in [0.25, 0.3) is 16.6 Å². The molecule has 0 bridgehead atoms. The van der Waals surface area contributed by atoms with Crippen LogP contribution < -0.4 is 23.8 Å². The molecule has 0 saturated carbocycles. The molecule has 17 nitrogen and oxygen atoms in total. The van der Waals surface area contributed by atoms with Gasteiger partial charge in [-0.2, -0.15) is 0 Å². The predicted octanol–water partition coefficient (Wildman–Crippen LogP) is 7.39. The highest BCUT2D eigenvalue weighted by molar-refractivity contribution is 7.90. The first kappa shape index (κ1) is 48.5. The zero-order chi connectivity index (χ0) is 48.7. The molecule has 1 aliphatic carbocycles. The second-order valence-corrected chi connectivity index (χ2v) is 23.4. The fourth-order valence-corrected chi connectivity index (χ4v) is 12.0. The number of H-pyrrole nitrogens is 1. The number of fused-ring (bicyclic) bond motifs is 2. The molecule has 69 heavy (non-hydrogen) atoms. The molecule has 2 saturated heterocycles. The molecule has 1 amide bonds. The van der Waals surface area contributed by atoms with E-state index >= 15 is 0 Å². The van der Waals surface area contributed by atoms with Crippen molar-refractivity contribution in [1.29, 1.82) is 0 Å². The number of aromatic nitrogens is 2. The van der Waals surface area contributed by atoms with Gasteiger partial charge in [0, 0.05) is 91.7 Å². The minimum atomic E-state index is -4.68. The number of benzene rings is 3. The van der Waals surface area contributed by atoms with Gasteiger partial charge in [-0.05, 0) is 105 Å². The number of amides is 1. The monoisotopic (exact) mass is 1000 g/mol. The summed E-state index contributed by atoms with van der Waals surface area (Å²) in [6, 6.07) is 18.8. The fraction of sp³-hybridized carbons (Fsp3) is 0.429. The van der Waals surface area contributed by atoms with Crippen LogP contribution in [0.4, 0.5) is 11.4 Å². The van der Waals surface area contributed by atoms with Gasteiger partial charge in [0.15, 0.2) is 0 Å². The molecular formula is C49H57ClN8O9S2. The number of hydrogen-bond donors (Lipinski definition) is 3. The van der Waals surface area contributed by atoms with Crippen molar-refractivity contribution in [3.63, 3.8) is 0 Å². The average Bonchev–Trinajstić information content (AvgIpc) is 3.78. The Balaban J connectivity index is 0.910. The van der Waals surface area contributed by atoms with Crippen LogP contribution in [0.3, 0.4) is 0 Å². The molecule has 5 aromatic rings. The summed E-state index contributed by atoms with van der Waals surface area (Å²) in [5.41, 5.74) is 5.49. The van der Waals surface area contributed by atoms with Crippen LogP contribution >= 0.6 is 11.6 Å². The van der Waals surface area contributed by atoms with Gasteiger partial charge in [0.1, 0.15) is 22.9 Å². The number of anilines is 1. The summed E-state index contributed by atoms with van der Waals surface area (Å²) in [6.07, 6.45) is 9.09. The normalized spacial score (nSPS) is 19.5. The highest BCUT2D eigenvalue weighted by Gasteiger charge is 2.35. The molecule has 9 rings (SSSR count). The van der Waals surface area contributed by atoms with Crippen molar-refractivity contribution in [3.8, 4) is 17.2 Å². The van der Waals surface area contributed by atoms with Crippen LogP contribution in [0.2, 0.25) is 5.02 Å². The van der Waals surface area contributed by atoms with Gasteiger partial charge in [-0.25, -0.2) is 31.3 Å². The number of sulfonamides is 2. The lowest BCUT2D eigenvalue weighted by molar-refractivity contribution is -0.386. The number of nitro benzene ring substituents is 1. The topological polar surface area (TPSA) is 209 Å². The van der Waals surface area contributed by atoms with Crippen LogP contribution in [0.15, 0.2) is 89.6 Å². The van der Waals surface area contributed by atoms with Crippen LogP contribution in [-0.4, -0.2) is 119 Å². The second-order valence-electron chi connectivity index (χ2n) is 19.5. The highest BCUT2D eigenvalue weighted by Crippen LogP contribution is 2.44. The van der Waals surface area contributed by atoms with E-state index in [0.29, 0.717) is 57.0 Å². The highest BCUT2D eigenvalue weighted by atomic mass is 35.5. The first-order valence-electron chi connectivity index (χ1n) is 23.2. The van der Waals surface area contributed by atoms with Gasteiger partial charge in [0.25, 0.3) is 21.6 Å². The molecule has 4 aliphatic rings. The number of hydrogen-bond acceptors (Lipinski definition) is 13. The molecule has 20 heteroatoms. The summed E-state index contributed by atoms with van der Waals surface area (Å²) >= 11 is 6.25. The summed E-state index contributed by atoms with van der Waals surface area (Å²) in [6.45, 7) is 10.6. The van der Waals surface area contributed by atoms with E-state index in [9.17, 15) is 31.7 Å². The third-order valence-corrected chi connectivity index (χ3v) is 16.0. The molecule has 5 heterocycles. The third kappa shape index (κ3) is 11.6. The summed E-state index contributed by atoms with van der Waals surface area (Å²) in [7, 11) is -8.00. The number of piperazine rings is 1. The maximum atomic E-state index is 14.1. The molecule has 3 aliphatic heterocycles. The molecule has 2 aromatic heterocycles. The maximum absolute atomic E-state index is 14.1.